The fraction of sp³-hybridized carbons (Fsp3) is 0.0968. The molecule has 3 N–H and O–H groups in total. The number of fused-ring (bicyclic) bond motifs is 1. The van der Waals surface area contributed by atoms with Crippen LogP contribution < -0.4 is 20.4 Å². The molecule has 1 heterocycles. The molecule has 0 saturated heterocycles. The summed E-state index contributed by atoms with van der Waals surface area (Å²) in [5.74, 6) is 0.777. The van der Waals surface area contributed by atoms with Crippen molar-refractivity contribution in [1.29, 1.82) is 0 Å². The average molecular weight is 533 g/mol. The van der Waals surface area contributed by atoms with Crippen LogP contribution in [0.3, 0.4) is 0 Å². The molecule has 5 aromatic rings. The van der Waals surface area contributed by atoms with Gasteiger partial charge in [0.2, 0.25) is 0 Å². The van der Waals surface area contributed by atoms with Gasteiger partial charge in [-0.25, -0.2) is 10.4 Å². The Morgan fingerprint density at radius 1 is 0.900 bits per heavy atom. The summed E-state index contributed by atoms with van der Waals surface area (Å²) in [6.45, 7) is 0. The highest BCUT2D eigenvalue weighted by atomic mass is 16.5. The van der Waals surface area contributed by atoms with Crippen LogP contribution in [0.15, 0.2) is 96.1 Å². The van der Waals surface area contributed by atoms with E-state index in [1.54, 1.807) is 37.4 Å². The first-order chi connectivity index (χ1) is 19.4. The topological polar surface area (TPSA) is 112 Å². The van der Waals surface area contributed by atoms with Gasteiger partial charge in [-0.05, 0) is 84.4 Å². The molecule has 40 heavy (non-hydrogen) atoms. The van der Waals surface area contributed by atoms with Gasteiger partial charge in [0.05, 0.1) is 24.4 Å². The molecule has 0 atom stereocenters. The number of H-pyrrole nitrogens is 1. The van der Waals surface area contributed by atoms with Crippen LogP contribution in [0.1, 0.15) is 26.3 Å². The van der Waals surface area contributed by atoms with Crippen molar-refractivity contribution in [2.75, 3.05) is 31.4 Å². The van der Waals surface area contributed by atoms with E-state index in [0.717, 1.165) is 33.7 Å². The van der Waals surface area contributed by atoms with Crippen molar-refractivity contribution in [1.82, 2.24) is 15.4 Å². The third-order valence-electron chi connectivity index (χ3n) is 6.28. The van der Waals surface area contributed by atoms with Gasteiger partial charge in [-0.15, -0.1) is 0 Å². The lowest BCUT2D eigenvalue weighted by Gasteiger charge is -2.11. The zero-order valence-corrected chi connectivity index (χ0v) is 22.3. The third kappa shape index (κ3) is 5.99. The van der Waals surface area contributed by atoms with Crippen molar-refractivity contribution < 1.29 is 14.3 Å². The Labute approximate surface area is 231 Å². The summed E-state index contributed by atoms with van der Waals surface area (Å²) in [5.41, 5.74) is 8.40. The van der Waals surface area contributed by atoms with Gasteiger partial charge in [0, 0.05) is 42.2 Å². The number of aromatic nitrogens is 2. The second-order valence-electron chi connectivity index (χ2n) is 9.27. The van der Waals surface area contributed by atoms with Crippen LogP contribution >= 0.6 is 0 Å². The number of aromatic amines is 1. The molecule has 4 aromatic carbocycles. The Balaban J connectivity index is 1.21. The molecule has 0 aliphatic carbocycles. The van der Waals surface area contributed by atoms with Crippen molar-refractivity contribution in [2.24, 2.45) is 5.10 Å². The maximum Gasteiger partial charge on any atom is 0.271 e. The number of hydrogen-bond acceptors (Lipinski definition) is 6. The van der Waals surface area contributed by atoms with Crippen LogP contribution in [0.2, 0.25) is 0 Å². The summed E-state index contributed by atoms with van der Waals surface area (Å²) in [7, 11) is 5.58. The number of nitrogens with one attached hydrogen (secondary N) is 3. The number of anilines is 2. The van der Waals surface area contributed by atoms with E-state index >= 15 is 0 Å². The Hall–Kier alpha value is -5.44. The Morgan fingerprint density at radius 3 is 2.33 bits per heavy atom. The van der Waals surface area contributed by atoms with Crippen LogP contribution in [-0.4, -0.2) is 49.2 Å². The number of methoxy groups -OCH3 is 1. The number of amides is 2. The quantitative estimate of drug-likeness (QED) is 0.185. The second kappa shape index (κ2) is 11.5. The highest BCUT2D eigenvalue weighted by Gasteiger charge is 2.11. The van der Waals surface area contributed by atoms with E-state index in [9.17, 15) is 9.59 Å². The summed E-state index contributed by atoms with van der Waals surface area (Å²) in [4.78, 5) is 35.3. The van der Waals surface area contributed by atoms with Crippen LogP contribution in [0.4, 0.5) is 11.4 Å². The zero-order chi connectivity index (χ0) is 28.1. The predicted molar refractivity (Wildman–Crippen MR) is 158 cm³/mol. The average Bonchev–Trinajstić information content (AvgIpc) is 3.41. The molecule has 2 amide bonds. The summed E-state index contributed by atoms with van der Waals surface area (Å²) in [6.07, 6.45) is 1.53. The number of carbonyl (C=O) groups is 2. The number of carbonyl (C=O) groups excluding carboxylic acids is 2. The minimum atomic E-state index is -0.386. The lowest BCUT2D eigenvalue weighted by atomic mass is 10.1. The van der Waals surface area contributed by atoms with Gasteiger partial charge < -0.3 is 19.9 Å². The lowest BCUT2D eigenvalue weighted by Crippen LogP contribution is -2.18. The van der Waals surface area contributed by atoms with E-state index in [1.807, 2.05) is 79.7 Å². The molecular weight excluding hydrogens is 504 g/mol. The van der Waals surface area contributed by atoms with Crippen molar-refractivity contribution in [2.45, 2.75) is 0 Å². The SMILES string of the molecule is COc1cccc(/C=N/NC(=O)c2ccc(C(=O)Nc3ccc4nc(-c5ccc(N(C)C)cc5)[nH]c4c3)cc2)c1. The van der Waals surface area contributed by atoms with E-state index in [0.29, 0.717) is 22.6 Å². The number of imidazole rings is 1. The molecule has 0 bridgehead atoms. The molecular formula is C31H28N6O3. The first kappa shape index (κ1) is 26.2. The van der Waals surface area contributed by atoms with Crippen LogP contribution in [0.25, 0.3) is 22.4 Å². The maximum absolute atomic E-state index is 12.9. The molecule has 5 rings (SSSR count). The largest absolute Gasteiger partial charge is 0.497 e. The molecule has 0 aliphatic rings. The van der Waals surface area contributed by atoms with Crippen molar-refractivity contribution >= 4 is 40.4 Å². The number of nitrogens with zero attached hydrogens (tertiary/aromatic N) is 3. The van der Waals surface area contributed by atoms with E-state index in [4.69, 9.17) is 4.74 Å². The number of ether oxygens (including phenoxy) is 1. The maximum atomic E-state index is 12.9. The van der Waals surface area contributed by atoms with E-state index in [1.165, 1.54) is 6.21 Å². The van der Waals surface area contributed by atoms with Crippen LogP contribution in [0, 0.1) is 0 Å². The molecule has 0 aliphatic heterocycles. The van der Waals surface area contributed by atoms with E-state index in [2.05, 4.69) is 25.8 Å². The number of rotatable bonds is 8. The van der Waals surface area contributed by atoms with Crippen LogP contribution in [-0.2, 0) is 0 Å². The third-order valence-corrected chi connectivity index (χ3v) is 6.28. The molecule has 0 fully saturated rings. The van der Waals surface area contributed by atoms with Gasteiger partial charge in [-0.3, -0.25) is 9.59 Å². The van der Waals surface area contributed by atoms with E-state index < -0.39 is 0 Å². The minimum Gasteiger partial charge on any atom is -0.497 e. The predicted octanol–water partition coefficient (Wildman–Crippen LogP) is 5.32. The monoisotopic (exact) mass is 532 g/mol. The Morgan fingerprint density at radius 2 is 1.62 bits per heavy atom. The molecule has 0 saturated carbocycles. The smallest absolute Gasteiger partial charge is 0.271 e. The summed E-state index contributed by atoms with van der Waals surface area (Å²) in [6, 6.07) is 27.3. The van der Waals surface area contributed by atoms with Crippen molar-refractivity contribution in [3.05, 3.63) is 108 Å². The first-order valence-electron chi connectivity index (χ1n) is 12.6. The normalized spacial score (nSPS) is 11.0. The summed E-state index contributed by atoms with van der Waals surface area (Å²) < 4.78 is 5.18. The minimum absolute atomic E-state index is 0.290. The van der Waals surface area contributed by atoms with Gasteiger partial charge in [-0.1, -0.05) is 12.1 Å². The standard InChI is InChI=1S/C31H28N6O3/c1-37(2)25-14-11-21(12-15-25)29-34-27-16-13-24(18-28(27)35-29)33-30(38)22-7-9-23(10-8-22)31(39)36-32-19-20-5-4-6-26(17-20)40-3/h4-19H,1-3H3,(H,33,38)(H,34,35)(H,36,39)/b32-19+. The fourth-order valence-corrected chi connectivity index (χ4v) is 4.07. The lowest BCUT2D eigenvalue weighted by molar-refractivity contribution is 0.0953. The molecule has 1 aromatic heterocycles. The highest BCUT2D eigenvalue weighted by molar-refractivity contribution is 6.05. The van der Waals surface area contributed by atoms with Gasteiger partial charge in [0.1, 0.15) is 11.6 Å². The zero-order valence-electron chi connectivity index (χ0n) is 22.3. The Bertz CT molecular complexity index is 1690. The summed E-state index contributed by atoms with van der Waals surface area (Å²) in [5, 5.41) is 6.90. The van der Waals surface area contributed by atoms with Gasteiger partial charge in [-0.2, -0.15) is 5.10 Å². The van der Waals surface area contributed by atoms with Gasteiger partial charge in [0.15, 0.2) is 0 Å². The number of hydrazone groups is 1. The highest BCUT2D eigenvalue weighted by Crippen LogP contribution is 2.25. The van der Waals surface area contributed by atoms with Crippen LogP contribution in [0.5, 0.6) is 5.75 Å². The molecule has 0 unspecified atom stereocenters. The molecule has 9 nitrogen and oxygen atoms in total. The second-order valence-corrected chi connectivity index (χ2v) is 9.27. The molecule has 200 valence electrons. The molecule has 0 spiro atoms. The fourth-order valence-electron chi connectivity index (χ4n) is 4.07. The molecule has 0 radical (unpaired) electrons. The number of benzene rings is 4. The van der Waals surface area contributed by atoms with E-state index in [-0.39, 0.29) is 11.8 Å². The first-order valence-corrected chi connectivity index (χ1v) is 12.6. The van der Waals surface area contributed by atoms with Crippen molar-refractivity contribution in [3.63, 3.8) is 0 Å². The van der Waals surface area contributed by atoms with Crippen molar-refractivity contribution in [3.8, 4) is 17.1 Å². The van der Waals surface area contributed by atoms with Gasteiger partial charge >= 0.3 is 0 Å². The summed E-state index contributed by atoms with van der Waals surface area (Å²) >= 11 is 0. The Kier molecular flexibility index (Phi) is 7.54. The van der Waals surface area contributed by atoms with Gasteiger partial charge in [0.25, 0.3) is 11.8 Å². The molecule has 9 heteroatoms. The number of hydrogen-bond donors (Lipinski definition) is 3.